The van der Waals surface area contributed by atoms with E-state index in [4.69, 9.17) is 4.98 Å². The minimum Gasteiger partial charge on any atom is -0.340 e. The van der Waals surface area contributed by atoms with E-state index in [2.05, 4.69) is 35.9 Å². The standard InChI is InChI=1S/C29H29FN4O/c1-3-25(21-7-5-4-6-8-21)29(35)33-17-18-34-26(19-33)32-27(22-11-13-23(30)14-12-22)28(34)31-24-15-9-20(2)10-16-24/h4-16,25,31H,3,17-19H2,1-2H3/t25-/m1/s1. The van der Waals surface area contributed by atoms with E-state index in [1.807, 2.05) is 47.4 Å². The molecule has 178 valence electrons. The number of benzene rings is 3. The molecule has 2 heterocycles. The highest BCUT2D eigenvalue weighted by Gasteiger charge is 2.30. The van der Waals surface area contributed by atoms with Crippen molar-refractivity contribution in [2.45, 2.75) is 39.3 Å². The van der Waals surface area contributed by atoms with Crippen molar-refractivity contribution in [1.82, 2.24) is 14.5 Å². The van der Waals surface area contributed by atoms with Crippen molar-refractivity contribution < 1.29 is 9.18 Å². The molecule has 0 radical (unpaired) electrons. The van der Waals surface area contributed by atoms with Gasteiger partial charge in [0.25, 0.3) is 0 Å². The van der Waals surface area contributed by atoms with Crippen molar-refractivity contribution in [2.75, 3.05) is 11.9 Å². The zero-order valence-corrected chi connectivity index (χ0v) is 20.0. The molecule has 0 unspecified atom stereocenters. The third-order valence-electron chi connectivity index (χ3n) is 6.62. The number of aryl methyl sites for hydroxylation is 1. The monoisotopic (exact) mass is 468 g/mol. The molecular weight excluding hydrogens is 439 g/mol. The molecule has 6 heteroatoms. The largest absolute Gasteiger partial charge is 0.340 e. The van der Waals surface area contributed by atoms with Crippen molar-refractivity contribution in [1.29, 1.82) is 0 Å². The van der Waals surface area contributed by atoms with Crippen molar-refractivity contribution >= 4 is 17.4 Å². The van der Waals surface area contributed by atoms with E-state index in [1.165, 1.54) is 17.7 Å². The molecule has 1 aliphatic heterocycles. The van der Waals surface area contributed by atoms with E-state index < -0.39 is 0 Å². The van der Waals surface area contributed by atoms with E-state index in [0.29, 0.717) is 19.6 Å². The second-order valence-corrected chi connectivity index (χ2v) is 9.01. The summed E-state index contributed by atoms with van der Waals surface area (Å²) in [5.41, 5.74) is 4.77. The highest BCUT2D eigenvalue weighted by molar-refractivity contribution is 5.84. The third kappa shape index (κ3) is 4.69. The quantitative estimate of drug-likeness (QED) is 0.362. The van der Waals surface area contributed by atoms with Gasteiger partial charge in [0.15, 0.2) is 0 Å². The third-order valence-corrected chi connectivity index (χ3v) is 6.62. The summed E-state index contributed by atoms with van der Waals surface area (Å²) in [6.07, 6.45) is 0.745. The fourth-order valence-electron chi connectivity index (χ4n) is 4.69. The van der Waals surface area contributed by atoms with Crippen LogP contribution in [-0.2, 0) is 17.9 Å². The Morgan fingerprint density at radius 1 is 1.00 bits per heavy atom. The predicted molar refractivity (Wildman–Crippen MR) is 137 cm³/mol. The van der Waals surface area contributed by atoms with Gasteiger partial charge in [0.05, 0.1) is 12.5 Å². The van der Waals surface area contributed by atoms with Crippen LogP contribution in [0.3, 0.4) is 0 Å². The Hall–Kier alpha value is -3.93. The summed E-state index contributed by atoms with van der Waals surface area (Å²) in [7, 11) is 0. The lowest BCUT2D eigenvalue weighted by Gasteiger charge is -2.31. The van der Waals surface area contributed by atoms with E-state index in [1.54, 1.807) is 12.1 Å². The lowest BCUT2D eigenvalue weighted by atomic mass is 9.95. The summed E-state index contributed by atoms with van der Waals surface area (Å²) in [6.45, 7) is 5.79. The van der Waals surface area contributed by atoms with Crippen LogP contribution >= 0.6 is 0 Å². The minimum atomic E-state index is -0.283. The van der Waals surface area contributed by atoms with Crippen LogP contribution in [0, 0.1) is 12.7 Å². The van der Waals surface area contributed by atoms with Gasteiger partial charge >= 0.3 is 0 Å². The number of carbonyl (C=O) groups excluding carboxylic acids is 1. The Bertz CT molecular complexity index is 1310. The number of aromatic nitrogens is 2. The fraction of sp³-hybridized carbons (Fsp3) is 0.241. The Kier molecular flexibility index (Phi) is 6.36. The maximum atomic E-state index is 13.6. The summed E-state index contributed by atoms with van der Waals surface area (Å²) in [6, 6.07) is 24.5. The molecular formula is C29H29FN4O. The van der Waals surface area contributed by atoms with Crippen molar-refractivity contribution in [3.8, 4) is 11.3 Å². The fourth-order valence-corrected chi connectivity index (χ4v) is 4.69. The molecule has 5 rings (SSSR count). The van der Waals surface area contributed by atoms with E-state index in [0.717, 1.165) is 40.6 Å². The highest BCUT2D eigenvalue weighted by atomic mass is 19.1. The number of fused-ring (bicyclic) bond motifs is 1. The van der Waals surface area contributed by atoms with Gasteiger partial charge in [-0.25, -0.2) is 9.37 Å². The van der Waals surface area contributed by atoms with Crippen molar-refractivity contribution in [2.24, 2.45) is 0 Å². The molecule has 0 spiro atoms. The van der Waals surface area contributed by atoms with Gasteiger partial charge in [-0.2, -0.15) is 0 Å². The number of hydrogen-bond acceptors (Lipinski definition) is 3. The Balaban J connectivity index is 1.48. The number of rotatable bonds is 6. The van der Waals surface area contributed by atoms with Gasteiger partial charge in [-0.15, -0.1) is 0 Å². The summed E-state index contributed by atoms with van der Waals surface area (Å²) in [5, 5.41) is 3.53. The second kappa shape index (κ2) is 9.74. The maximum Gasteiger partial charge on any atom is 0.230 e. The lowest BCUT2D eigenvalue weighted by Crippen LogP contribution is -2.41. The molecule has 0 saturated heterocycles. The second-order valence-electron chi connectivity index (χ2n) is 9.01. The molecule has 1 aromatic heterocycles. The number of carbonyl (C=O) groups is 1. The SMILES string of the molecule is CC[C@@H](C(=O)N1CCn2c(nc(-c3ccc(F)cc3)c2Nc2ccc(C)cc2)C1)c1ccccc1. The van der Waals surface area contributed by atoms with Gasteiger partial charge < -0.3 is 14.8 Å². The molecule has 4 aromatic rings. The molecule has 0 fully saturated rings. The van der Waals surface area contributed by atoms with Crippen LogP contribution in [0.2, 0.25) is 0 Å². The zero-order chi connectivity index (χ0) is 24.4. The van der Waals surface area contributed by atoms with Gasteiger partial charge in [-0.3, -0.25) is 4.79 Å². The normalized spacial score (nSPS) is 13.9. The number of amides is 1. The Morgan fingerprint density at radius 2 is 1.71 bits per heavy atom. The number of halogens is 1. The highest BCUT2D eigenvalue weighted by Crippen LogP contribution is 2.34. The Morgan fingerprint density at radius 3 is 2.40 bits per heavy atom. The topological polar surface area (TPSA) is 50.2 Å². The van der Waals surface area contributed by atoms with Crippen molar-refractivity contribution in [3.63, 3.8) is 0 Å². The molecule has 1 amide bonds. The maximum absolute atomic E-state index is 13.6. The molecule has 1 atom stereocenters. The first-order valence-corrected chi connectivity index (χ1v) is 12.1. The first-order chi connectivity index (χ1) is 17.0. The number of nitrogens with zero attached hydrogens (tertiary/aromatic N) is 3. The Labute approximate surface area is 205 Å². The van der Waals surface area contributed by atoms with E-state index in [-0.39, 0.29) is 17.6 Å². The van der Waals surface area contributed by atoms with Crippen LogP contribution in [-0.4, -0.2) is 26.9 Å². The van der Waals surface area contributed by atoms with Crippen molar-refractivity contribution in [3.05, 3.63) is 102 Å². The molecule has 0 bridgehead atoms. The lowest BCUT2D eigenvalue weighted by molar-refractivity contribution is -0.134. The van der Waals surface area contributed by atoms with Crippen LogP contribution in [0.15, 0.2) is 78.9 Å². The first-order valence-electron chi connectivity index (χ1n) is 12.1. The van der Waals surface area contributed by atoms with Gasteiger partial charge in [0, 0.05) is 24.3 Å². The number of imidazole rings is 1. The average molecular weight is 469 g/mol. The molecule has 5 nitrogen and oxygen atoms in total. The molecule has 3 aromatic carbocycles. The smallest absolute Gasteiger partial charge is 0.230 e. The van der Waals surface area contributed by atoms with Gasteiger partial charge in [0.1, 0.15) is 23.2 Å². The molecule has 1 N–H and O–H groups in total. The molecule has 0 aliphatic carbocycles. The zero-order valence-electron chi connectivity index (χ0n) is 20.0. The summed E-state index contributed by atoms with van der Waals surface area (Å²) < 4.78 is 15.8. The molecule has 1 aliphatic rings. The van der Waals surface area contributed by atoms with Crippen LogP contribution < -0.4 is 5.32 Å². The summed E-state index contributed by atoms with van der Waals surface area (Å²) >= 11 is 0. The first kappa shape index (κ1) is 22.8. The van der Waals surface area contributed by atoms with E-state index in [9.17, 15) is 9.18 Å². The average Bonchev–Trinajstić information content (AvgIpc) is 3.24. The van der Waals surface area contributed by atoms with Crippen LogP contribution in [0.4, 0.5) is 15.9 Å². The van der Waals surface area contributed by atoms with E-state index >= 15 is 0 Å². The molecule has 35 heavy (non-hydrogen) atoms. The van der Waals surface area contributed by atoms with Gasteiger partial charge in [0.2, 0.25) is 5.91 Å². The van der Waals surface area contributed by atoms with Gasteiger partial charge in [-0.05, 0) is 55.3 Å². The number of nitrogens with one attached hydrogen (secondary N) is 1. The van der Waals surface area contributed by atoms with Crippen LogP contribution in [0.5, 0.6) is 0 Å². The van der Waals surface area contributed by atoms with Gasteiger partial charge in [-0.1, -0.05) is 55.0 Å². The molecule has 0 saturated carbocycles. The number of anilines is 2. The van der Waals surface area contributed by atoms with Crippen LogP contribution in [0.1, 0.15) is 36.2 Å². The summed E-state index contributed by atoms with van der Waals surface area (Å²) in [4.78, 5) is 20.3. The number of hydrogen-bond donors (Lipinski definition) is 1. The minimum absolute atomic E-state index is 0.129. The summed E-state index contributed by atoms with van der Waals surface area (Å²) in [5.74, 6) is 1.36. The van der Waals surface area contributed by atoms with Crippen LogP contribution in [0.25, 0.3) is 11.3 Å². The predicted octanol–water partition coefficient (Wildman–Crippen LogP) is 6.28.